The summed E-state index contributed by atoms with van der Waals surface area (Å²) in [7, 11) is 4.39. The van der Waals surface area contributed by atoms with Gasteiger partial charge in [0.2, 0.25) is 0 Å². The van der Waals surface area contributed by atoms with E-state index in [1.807, 2.05) is 0 Å². The largest absolute Gasteiger partial charge is 0.312 e. The average molecular weight is 240 g/mol. The van der Waals surface area contributed by atoms with Gasteiger partial charge in [0.15, 0.2) is 0 Å². The Hall–Kier alpha value is -0.0800. The molecule has 1 aliphatic carbocycles. The van der Waals surface area contributed by atoms with Crippen LogP contribution < -0.4 is 5.32 Å². The van der Waals surface area contributed by atoms with Crippen molar-refractivity contribution in [2.75, 3.05) is 20.6 Å². The molecule has 1 N–H and O–H groups in total. The quantitative estimate of drug-likeness (QED) is 0.795. The molecular weight excluding hydrogens is 208 g/mol. The highest BCUT2D eigenvalue weighted by atomic mass is 15.1. The first-order valence-corrected chi connectivity index (χ1v) is 7.31. The van der Waals surface area contributed by atoms with Crippen molar-refractivity contribution in [2.24, 2.45) is 17.8 Å². The zero-order chi connectivity index (χ0) is 13.0. The van der Waals surface area contributed by atoms with Gasteiger partial charge >= 0.3 is 0 Å². The van der Waals surface area contributed by atoms with E-state index in [1.54, 1.807) is 0 Å². The Kier molecular flexibility index (Phi) is 5.94. The molecule has 0 aromatic carbocycles. The van der Waals surface area contributed by atoms with Crippen molar-refractivity contribution >= 4 is 0 Å². The molecule has 0 amide bonds. The first kappa shape index (κ1) is 15.0. The van der Waals surface area contributed by atoms with Crippen molar-refractivity contribution < 1.29 is 0 Å². The fourth-order valence-electron chi connectivity index (χ4n) is 3.26. The Morgan fingerprint density at radius 2 is 1.82 bits per heavy atom. The fraction of sp³-hybridized carbons (Fsp3) is 1.00. The van der Waals surface area contributed by atoms with Crippen molar-refractivity contribution in [3.05, 3.63) is 0 Å². The summed E-state index contributed by atoms with van der Waals surface area (Å²) in [6.45, 7) is 10.6. The number of hydrogen-bond acceptors (Lipinski definition) is 2. The Labute approximate surface area is 108 Å². The van der Waals surface area contributed by atoms with Gasteiger partial charge in [-0.2, -0.15) is 0 Å². The molecule has 0 saturated heterocycles. The number of nitrogens with zero attached hydrogens (tertiary/aromatic N) is 1. The van der Waals surface area contributed by atoms with Crippen LogP contribution in [0.3, 0.4) is 0 Å². The van der Waals surface area contributed by atoms with Crippen molar-refractivity contribution in [3.63, 3.8) is 0 Å². The SMILES string of the molecule is CC1CCC(NCC(C(C)C)N(C)C)C(C)C1. The van der Waals surface area contributed by atoms with Crippen LogP contribution in [0, 0.1) is 17.8 Å². The minimum Gasteiger partial charge on any atom is -0.312 e. The van der Waals surface area contributed by atoms with E-state index >= 15 is 0 Å². The van der Waals surface area contributed by atoms with E-state index in [1.165, 1.54) is 19.3 Å². The summed E-state index contributed by atoms with van der Waals surface area (Å²) in [4.78, 5) is 2.35. The zero-order valence-electron chi connectivity index (χ0n) is 12.7. The monoisotopic (exact) mass is 240 g/mol. The third kappa shape index (κ3) is 4.59. The molecule has 0 aromatic rings. The Morgan fingerprint density at radius 1 is 1.18 bits per heavy atom. The molecule has 0 radical (unpaired) electrons. The highest BCUT2D eigenvalue weighted by molar-refractivity contribution is 4.83. The topological polar surface area (TPSA) is 15.3 Å². The molecule has 1 aliphatic rings. The minimum absolute atomic E-state index is 0.654. The maximum atomic E-state index is 3.81. The van der Waals surface area contributed by atoms with Crippen molar-refractivity contribution in [2.45, 2.75) is 59.0 Å². The lowest BCUT2D eigenvalue weighted by Crippen LogP contribution is -2.47. The lowest BCUT2D eigenvalue weighted by atomic mass is 9.80. The van der Waals surface area contributed by atoms with Crippen LogP contribution in [0.1, 0.15) is 47.0 Å². The first-order valence-electron chi connectivity index (χ1n) is 7.31. The fourth-order valence-corrected chi connectivity index (χ4v) is 3.26. The van der Waals surface area contributed by atoms with Gasteiger partial charge in [-0.05, 0) is 51.1 Å². The molecule has 4 unspecified atom stereocenters. The summed E-state index contributed by atoms with van der Waals surface area (Å²) in [5.41, 5.74) is 0. The van der Waals surface area contributed by atoms with E-state index < -0.39 is 0 Å². The van der Waals surface area contributed by atoms with Crippen LogP contribution in [-0.4, -0.2) is 37.6 Å². The molecule has 17 heavy (non-hydrogen) atoms. The summed E-state index contributed by atoms with van der Waals surface area (Å²) in [5.74, 6) is 2.49. The van der Waals surface area contributed by atoms with Crippen LogP contribution in [0.15, 0.2) is 0 Å². The van der Waals surface area contributed by atoms with Gasteiger partial charge in [-0.3, -0.25) is 0 Å². The second-order valence-corrected chi connectivity index (χ2v) is 6.69. The molecule has 0 spiro atoms. The van der Waals surface area contributed by atoms with E-state index in [-0.39, 0.29) is 0 Å². The molecule has 2 nitrogen and oxygen atoms in total. The molecule has 1 fully saturated rings. The molecular formula is C15H32N2. The van der Waals surface area contributed by atoms with Gasteiger partial charge in [-0.1, -0.05) is 27.7 Å². The second kappa shape index (κ2) is 6.75. The highest BCUT2D eigenvalue weighted by Gasteiger charge is 2.26. The predicted molar refractivity (Wildman–Crippen MR) is 76.3 cm³/mol. The van der Waals surface area contributed by atoms with E-state index in [2.05, 4.69) is 52.0 Å². The number of likely N-dealkylation sites (N-methyl/N-ethyl adjacent to an activating group) is 1. The summed E-state index contributed by atoms with van der Waals surface area (Å²) in [6.07, 6.45) is 4.16. The molecule has 4 atom stereocenters. The van der Waals surface area contributed by atoms with Gasteiger partial charge in [0, 0.05) is 18.6 Å². The molecule has 1 saturated carbocycles. The third-order valence-electron chi connectivity index (χ3n) is 4.45. The summed E-state index contributed by atoms with van der Waals surface area (Å²) >= 11 is 0. The van der Waals surface area contributed by atoms with E-state index in [0.29, 0.717) is 6.04 Å². The molecule has 0 aromatic heterocycles. The average Bonchev–Trinajstić information content (AvgIpc) is 2.20. The van der Waals surface area contributed by atoms with Gasteiger partial charge in [0.1, 0.15) is 0 Å². The van der Waals surface area contributed by atoms with Gasteiger partial charge in [0.05, 0.1) is 0 Å². The zero-order valence-corrected chi connectivity index (χ0v) is 12.7. The van der Waals surface area contributed by atoms with Gasteiger partial charge in [-0.15, -0.1) is 0 Å². The standard InChI is InChI=1S/C15H32N2/c1-11(2)15(17(5)6)10-16-14-8-7-12(3)9-13(14)4/h11-16H,7-10H2,1-6H3. The van der Waals surface area contributed by atoms with Gasteiger partial charge < -0.3 is 10.2 Å². The van der Waals surface area contributed by atoms with Crippen molar-refractivity contribution in [1.29, 1.82) is 0 Å². The van der Waals surface area contributed by atoms with Gasteiger partial charge in [-0.25, -0.2) is 0 Å². The van der Waals surface area contributed by atoms with E-state index in [0.717, 1.165) is 30.3 Å². The Morgan fingerprint density at radius 3 is 2.29 bits per heavy atom. The lowest BCUT2D eigenvalue weighted by Gasteiger charge is -2.36. The predicted octanol–water partition coefficient (Wildman–Crippen LogP) is 2.99. The first-order chi connectivity index (χ1) is 7.91. The Bertz CT molecular complexity index is 205. The van der Waals surface area contributed by atoms with Crippen LogP contribution in [0.2, 0.25) is 0 Å². The molecule has 0 bridgehead atoms. The minimum atomic E-state index is 0.654. The van der Waals surface area contributed by atoms with Crippen LogP contribution in [0.25, 0.3) is 0 Å². The summed E-state index contributed by atoms with van der Waals surface area (Å²) in [5, 5.41) is 3.81. The van der Waals surface area contributed by atoms with Crippen molar-refractivity contribution in [3.8, 4) is 0 Å². The maximum Gasteiger partial charge on any atom is 0.0237 e. The molecule has 102 valence electrons. The van der Waals surface area contributed by atoms with Gasteiger partial charge in [0.25, 0.3) is 0 Å². The molecule has 0 heterocycles. The van der Waals surface area contributed by atoms with Crippen molar-refractivity contribution in [1.82, 2.24) is 10.2 Å². The lowest BCUT2D eigenvalue weighted by molar-refractivity contribution is 0.183. The normalized spacial score (nSPS) is 32.1. The molecule has 0 aliphatic heterocycles. The van der Waals surface area contributed by atoms with E-state index in [4.69, 9.17) is 0 Å². The highest BCUT2D eigenvalue weighted by Crippen LogP contribution is 2.28. The van der Waals surface area contributed by atoms with Crippen LogP contribution in [-0.2, 0) is 0 Å². The van der Waals surface area contributed by atoms with Crippen LogP contribution >= 0.6 is 0 Å². The van der Waals surface area contributed by atoms with Crippen LogP contribution in [0.5, 0.6) is 0 Å². The molecule has 1 rings (SSSR count). The Balaban J connectivity index is 2.38. The number of nitrogens with one attached hydrogen (secondary N) is 1. The number of rotatable bonds is 5. The smallest absolute Gasteiger partial charge is 0.0237 e. The van der Waals surface area contributed by atoms with E-state index in [9.17, 15) is 0 Å². The maximum absolute atomic E-state index is 3.81. The molecule has 2 heteroatoms. The van der Waals surface area contributed by atoms with Crippen LogP contribution in [0.4, 0.5) is 0 Å². The third-order valence-corrected chi connectivity index (χ3v) is 4.45. The summed E-state index contributed by atoms with van der Waals surface area (Å²) < 4.78 is 0. The number of hydrogen-bond donors (Lipinski definition) is 1. The second-order valence-electron chi connectivity index (χ2n) is 6.69. The summed E-state index contributed by atoms with van der Waals surface area (Å²) in [6, 6.07) is 1.40.